The number of halogens is 1. The predicted octanol–water partition coefficient (Wildman–Crippen LogP) is 1.73. The second-order valence-corrected chi connectivity index (χ2v) is 3.44. The topological polar surface area (TPSA) is 63.9 Å². The average Bonchev–Trinajstić information content (AvgIpc) is 2.64. The third kappa shape index (κ3) is 2.13. The number of nitrogens with zero attached hydrogens (tertiary/aromatic N) is 1. The molecule has 84 valence electrons. The van der Waals surface area contributed by atoms with Gasteiger partial charge in [-0.25, -0.2) is 9.37 Å². The largest absolute Gasteiger partial charge is 0.494 e. The standard InChI is InChI=1S/C11H12FN3O/c1-16-10-3-2-7(5-9(10)12)4-8-6-14-11(13)15-8/h2-3,5-6H,4H2,1H3,(H3,13,14,15). The van der Waals surface area contributed by atoms with E-state index in [1.165, 1.54) is 13.2 Å². The number of anilines is 1. The van der Waals surface area contributed by atoms with E-state index in [0.717, 1.165) is 11.3 Å². The summed E-state index contributed by atoms with van der Waals surface area (Å²) < 4.78 is 18.2. The van der Waals surface area contributed by atoms with E-state index in [1.807, 2.05) is 0 Å². The van der Waals surface area contributed by atoms with Gasteiger partial charge in [0.15, 0.2) is 17.5 Å². The van der Waals surface area contributed by atoms with E-state index >= 15 is 0 Å². The number of hydrogen-bond donors (Lipinski definition) is 2. The Bertz CT molecular complexity index is 496. The molecular formula is C11H12FN3O. The third-order valence-corrected chi connectivity index (χ3v) is 2.26. The molecule has 0 atom stereocenters. The van der Waals surface area contributed by atoms with Gasteiger partial charge in [-0.05, 0) is 17.7 Å². The first kappa shape index (κ1) is 10.5. The van der Waals surface area contributed by atoms with Crippen LogP contribution in [-0.2, 0) is 6.42 Å². The Morgan fingerprint density at radius 2 is 2.31 bits per heavy atom. The Hall–Kier alpha value is -2.04. The summed E-state index contributed by atoms with van der Waals surface area (Å²) in [6.07, 6.45) is 2.20. The van der Waals surface area contributed by atoms with Crippen LogP contribution < -0.4 is 10.5 Å². The Balaban J connectivity index is 2.19. The fourth-order valence-electron chi connectivity index (χ4n) is 1.51. The lowest BCUT2D eigenvalue weighted by molar-refractivity contribution is 0.386. The van der Waals surface area contributed by atoms with Gasteiger partial charge in [0.2, 0.25) is 0 Å². The first-order chi connectivity index (χ1) is 7.69. The highest BCUT2D eigenvalue weighted by Crippen LogP contribution is 2.19. The molecular weight excluding hydrogens is 209 g/mol. The van der Waals surface area contributed by atoms with Crippen molar-refractivity contribution in [1.82, 2.24) is 9.97 Å². The molecule has 0 saturated heterocycles. The van der Waals surface area contributed by atoms with E-state index in [1.54, 1.807) is 18.3 Å². The van der Waals surface area contributed by atoms with Gasteiger partial charge >= 0.3 is 0 Å². The highest BCUT2D eigenvalue weighted by molar-refractivity contribution is 5.32. The number of benzene rings is 1. The van der Waals surface area contributed by atoms with Crippen LogP contribution in [0.5, 0.6) is 5.75 Å². The number of imidazole rings is 1. The van der Waals surface area contributed by atoms with Crippen molar-refractivity contribution in [3.05, 3.63) is 41.5 Å². The Kier molecular flexibility index (Phi) is 2.76. The predicted molar refractivity (Wildman–Crippen MR) is 58.8 cm³/mol. The normalized spacial score (nSPS) is 10.4. The summed E-state index contributed by atoms with van der Waals surface area (Å²) in [5.74, 6) is 0.240. The summed E-state index contributed by atoms with van der Waals surface area (Å²) in [7, 11) is 1.44. The van der Waals surface area contributed by atoms with E-state index in [9.17, 15) is 4.39 Å². The summed E-state index contributed by atoms with van der Waals surface area (Å²) in [5.41, 5.74) is 7.13. The molecule has 3 N–H and O–H groups in total. The first-order valence-electron chi connectivity index (χ1n) is 4.81. The lowest BCUT2D eigenvalue weighted by Gasteiger charge is -2.04. The zero-order valence-corrected chi connectivity index (χ0v) is 8.83. The Morgan fingerprint density at radius 3 is 2.88 bits per heavy atom. The van der Waals surface area contributed by atoms with Gasteiger partial charge in [0.25, 0.3) is 0 Å². The molecule has 0 aliphatic rings. The average molecular weight is 221 g/mol. The van der Waals surface area contributed by atoms with Crippen LogP contribution in [0.2, 0.25) is 0 Å². The molecule has 1 heterocycles. The summed E-state index contributed by atoms with van der Waals surface area (Å²) in [4.78, 5) is 6.76. The van der Waals surface area contributed by atoms with Crippen molar-refractivity contribution in [2.24, 2.45) is 0 Å². The number of ether oxygens (including phenoxy) is 1. The van der Waals surface area contributed by atoms with Crippen LogP contribution >= 0.6 is 0 Å². The van der Waals surface area contributed by atoms with E-state index < -0.39 is 0 Å². The number of H-pyrrole nitrogens is 1. The number of methoxy groups -OCH3 is 1. The van der Waals surface area contributed by atoms with Gasteiger partial charge in [-0.15, -0.1) is 0 Å². The second-order valence-electron chi connectivity index (χ2n) is 3.44. The minimum atomic E-state index is -0.368. The molecule has 5 heteroatoms. The molecule has 2 rings (SSSR count). The number of nitrogens with one attached hydrogen (secondary N) is 1. The molecule has 0 saturated carbocycles. The maximum atomic E-state index is 13.4. The molecule has 0 aliphatic carbocycles. The maximum Gasteiger partial charge on any atom is 0.197 e. The monoisotopic (exact) mass is 221 g/mol. The Morgan fingerprint density at radius 1 is 1.50 bits per heavy atom. The highest BCUT2D eigenvalue weighted by atomic mass is 19.1. The number of nitrogens with two attached hydrogens (primary N) is 1. The van der Waals surface area contributed by atoms with Crippen molar-refractivity contribution in [2.45, 2.75) is 6.42 Å². The lowest BCUT2D eigenvalue weighted by Crippen LogP contribution is -1.93. The minimum Gasteiger partial charge on any atom is -0.494 e. The van der Waals surface area contributed by atoms with E-state index in [0.29, 0.717) is 12.4 Å². The van der Waals surface area contributed by atoms with Gasteiger partial charge in [-0.1, -0.05) is 6.07 Å². The molecule has 1 aromatic heterocycles. The molecule has 4 nitrogen and oxygen atoms in total. The smallest absolute Gasteiger partial charge is 0.197 e. The molecule has 2 aromatic rings. The van der Waals surface area contributed by atoms with Crippen molar-refractivity contribution < 1.29 is 9.13 Å². The lowest BCUT2D eigenvalue weighted by atomic mass is 10.1. The van der Waals surface area contributed by atoms with Crippen LogP contribution in [0.15, 0.2) is 24.4 Å². The van der Waals surface area contributed by atoms with Crippen LogP contribution in [-0.4, -0.2) is 17.1 Å². The van der Waals surface area contributed by atoms with Crippen LogP contribution in [0.3, 0.4) is 0 Å². The number of hydrogen-bond acceptors (Lipinski definition) is 3. The van der Waals surface area contributed by atoms with Gasteiger partial charge in [0.05, 0.1) is 13.3 Å². The van der Waals surface area contributed by atoms with E-state index in [2.05, 4.69) is 9.97 Å². The molecule has 0 bridgehead atoms. The van der Waals surface area contributed by atoms with E-state index in [-0.39, 0.29) is 11.6 Å². The molecule has 0 aliphatic heterocycles. The highest BCUT2D eigenvalue weighted by Gasteiger charge is 2.05. The zero-order chi connectivity index (χ0) is 11.5. The number of aromatic nitrogens is 2. The summed E-state index contributed by atoms with van der Waals surface area (Å²) in [5, 5.41) is 0. The van der Waals surface area contributed by atoms with Gasteiger partial charge in [0, 0.05) is 12.1 Å². The molecule has 0 radical (unpaired) electrons. The fraction of sp³-hybridized carbons (Fsp3) is 0.182. The van der Waals surface area contributed by atoms with Crippen LogP contribution in [0, 0.1) is 5.82 Å². The fourth-order valence-corrected chi connectivity index (χ4v) is 1.51. The van der Waals surface area contributed by atoms with Crippen molar-refractivity contribution in [1.29, 1.82) is 0 Å². The maximum absolute atomic E-state index is 13.4. The number of aromatic amines is 1. The van der Waals surface area contributed by atoms with Crippen LogP contribution in [0.4, 0.5) is 10.3 Å². The van der Waals surface area contributed by atoms with Crippen molar-refractivity contribution in [3.8, 4) is 5.75 Å². The van der Waals surface area contributed by atoms with Crippen molar-refractivity contribution >= 4 is 5.95 Å². The second kappa shape index (κ2) is 4.22. The third-order valence-electron chi connectivity index (χ3n) is 2.26. The van der Waals surface area contributed by atoms with E-state index in [4.69, 9.17) is 10.5 Å². The summed E-state index contributed by atoms with van der Waals surface area (Å²) in [6.45, 7) is 0. The molecule has 0 fully saturated rings. The molecule has 16 heavy (non-hydrogen) atoms. The van der Waals surface area contributed by atoms with Gasteiger partial charge in [-0.3, -0.25) is 0 Å². The van der Waals surface area contributed by atoms with Gasteiger partial charge < -0.3 is 15.5 Å². The Labute approximate surface area is 92.3 Å². The van der Waals surface area contributed by atoms with Gasteiger partial charge in [0.1, 0.15) is 0 Å². The van der Waals surface area contributed by atoms with Crippen molar-refractivity contribution in [3.63, 3.8) is 0 Å². The molecule has 0 amide bonds. The molecule has 0 spiro atoms. The SMILES string of the molecule is COc1ccc(Cc2cnc(N)[nH]2)cc1F. The van der Waals surface area contributed by atoms with Crippen molar-refractivity contribution in [2.75, 3.05) is 12.8 Å². The zero-order valence-electron chi connectivity index (χ0n) is 8.83. The van der Waals surface area contributed by atoms with Crippen LogP contribution in [0.25, 0.3) is 0 Å². The minimum absolute atomic E-state index is 0.243. The number of rotatable bonds is 3. The molecule has 0 unspecified atom stereocenters. The van der Waals surface area contributed by atoms with Gasteiger partial charge in [-0.2, -0.15) is 0 Å². The van der Waals surface area contributed by atoms with Crippen LogP contribution in [0.1, 0.15) is 11.3 Å². The quantitative estimate of drug-likeness (QED) is 0.829. The summed E-state index contributed by atoms with van der Waals surface area (Å²) in [6, 6.07) is 4.85. The first-order valence-corrected chi connectivity index (χ1v) is 4.81. The molecule has 1 aromatic carbocycles. The number of nitrogen functional groups attached to an aromatic ring is 1. The summed E-state index contributed by atoms with van der Waals surface area (Å²) >= 11 is 0.